The predicted molar refractivity (Wildman–Crippen MR) is 72.0 cm³/mol. The average molecular weight is 291 g/mol. The van der Waals surface area contributed by atoms with E-state index in [4.69, 9.17) is 0 Å². The Balaban J connectivity index is 2.19. The minimum Gasteiger partial charge on any atom is -0.504 e. The van der Waals surface area contributed by atoms with E-state index in [0.717, 1.165) is 12.1 Å². The number of phenols is 2. The second kappa shape index (κ2) is 5.35. The third kappa shape index (κ3) is 3.07. The maximum atomic E-state index is 11.8. The van der Waals surface area contributed by atoms with Crippen molar-refractivity contribution in [2.24, 2.45) is 5.92 Å². The molecule has 0 unspecified atom stereocenters. The maximum absolute atomic E-state index is 11.8. The molecule has 1 aliphatic rings. The molecule has 0 radical (unpaired) electrons. The van der Waals surface area contributed by atoms with Crippen LogP contribution in [0.3, 0.4) is 0 Å². The molecule has 0 heterocycles. The number of hydrogen-bond acceptors (Lipinski definition) is 6. The molecule has 1 aromatic rings. The Morgan fingerprint density at radius 2 is 1.95 bits per heavy atom. The van der Waals surface area contributed by atoms with E-state index in [0.29, 0.717) is 12.8 Å². The Morgan fingerprint density at radius 1 is 1.33 bits per heavy atom. The topological polar surface area (TPSA) is 118 Å². The summed E-state index contributed by atoms with van der Waals surface area (Å²) in [6.45, 7) is 3.52. The third-order valence-corrected chi connectivity index (χ3v) is 3.24. The number of nitro groups is 1. The van der Waals surface area contributed by atoms with Gasteiger partial charge in [-0.1, -0.05) is 6.58 Å². The average Bonchev–Trinajstić information content (AvgIpc) is 3.24. The van der Waals surface area contributed by atoms with Gasteiger partial charge in [0, 0.05) is 24.0 Å². The molecule has 110 valence electrons. The lowest BCUT2D eigenvalue weighted by Crippen LogP contribution is -2.18. The Labute approximate surface area is 119 Å². The molecule has 1 saturated carbocycles. The van der Waals surface area contributed by atoms with Gasteiger partial charge in [-0.25, -0.2) is 0 Å². The largest absolute Gasteiger partial charge is 0.504 e. The van der Waals surface area contributed by atoms with Gasteiger partial charge in [0.15, 0.2) is 5.75 Å². The van der Waals surface area contributed by atoms with Crippen molar-refractivity contribution in [1.82, 2.24) is 0 Å². The van der Waals surface area contributed by atoms with Crippen molar-refractivity contribution >= 4 is 17.3 Å². The second-order valence-electron chi connectivity index (χ2n) is 4.99. The smallest absolute Gasteiger partial charge is 0.314 e. The lowest BCUT2D eigenvalue weighted by molar-refractivity contribution is -0.386. The number of aromatic hydroxyl groups is 2. The molecule has 0 bridgehead atoms. The summed E-state index contributed by atoms with van der Waals surface area (Å²) in [5.74, 6) is -2.90. The van der Waals surface area contributed by atoms with Crippen molar-refractivity contribution in [3.05, 3.63) is 40.0 Å². The minimum atomic E-state index is -0.849. The maximum Gasteiger partial charge on any atom is 0.314 e. The first kappa shape index (κ1) is 14.7. The van der Waals surface area contributed by atoms with E-state index in [1.807, 2.05) is 0 Å². The van der Waals surface area contributed by atoms with E-state index in [9.17, 15) is 29.9 Å². The van der Waals surface area contributed by atoms with Gasteiger partial charge < -0.3 is 10.2 Å². The monoisotopic (exact) mass is 291 g/mol. The quantitative estimate of drug-likeness (QED) is 0.270. The zero-order valence-corrected chi connectivity index (χ0v) is 11.0. The van der Waals surface area contributed by atoms with Gasteiger partial charge in [0.05, 0.1) is 4.92 Å². The number of carbonyl (C=O) groups is 2. The molecule has 1 aromatic carbocycles. The molecular formula is C14H13NO6. The van der Waals surface area contributed by atoms with Crippen molar-refractivity contribution in [3.8, 4) is 11.5 Å². The highest BCUT2D eigenvalue weighted by Crippen LogP contribution is 2.37. The number of nitro benzene ring substituents is 1. The van der Waals surface area contributed by atoms with Gasteiger partial charge in [0.1, 0.15) is 0 Å². The van der Waals surface area contributed by atoms with E-state index in [2.05, 4.69) is 6.58 Å². The van der Waals surface area contributed by atoms with Crippen molar-refractivity contribution in [2.45, 2.75) is 19.3 Å². The van der Waals surface area contributed by atoms with Crippen LogP contribution in [0.1, 0.15) is 18.4 Å². The SMILES string of the molecule is C=C(Cc1cc(O)c(O)c([N+](=O)[O-])c1)C(=O)C(=O)C1CC1. The summed E-state index contributed by atoms with van der Waals surface area (Å²) in [7, 11) is 0. The first-order valence-corrected chi connectivity index (χ1v) is 6.26. The second-order valence-corrected chi connectivity index (χ2v) is 4.99. The lowest BCUT2D eigenvalue weighted by Gasteiger charge is -2.06. The molecule has 1 aliphatic carbocycles. The summed E-state index contributed by atoms with van der Waals surface area (Å²) in [5.41, 5.74) is -0.441. The number of phenolic OH excluding ortho intramolecular Hbond substituents is 2. The van der Waals surface area contributed by atoms with E-state index in [-0.39, 0.29) is 23.5 Å². The van der Waals surface area contributed by atoms with Crippen LogP contribution in [0.25, 0.3) is 0 Å². The van der Waals surface area contributed by atoms with Crippen LogP contribution in [0.5, 0.6) is 11.5 Å². The Morgan fingerprint density at radius 3 is 2.48 bits per heavy atom. The molecular weight excluding hydrogens is 278 g/mol. The predicted octanol–water partition coefficient (Wildman–Crippen LogP) is 1.65. The molecule has 0 amide bonds. The van der Waals surface area contributed by atoms with Crippen LogP contribution in [-0.4, -0.2) is 26.7 Å². The third-order valence-electron chi connectivity index (χ3n) is 3.24. The van der Waals surface area contributed by atoms with Crippen LogP contribution in [0.2, 0.25) is 0 Å². The van der Waals surface area contributed by atoms with Crippen molar-refractivity contribution < 1.29 is 24.7 Å². The molecule has 0 aliphatic heterocycles. The number of hydrogen-bond donors (Lipinski definition) is 2. The summed E-state index contributed by atoms with van der Waals surface area (Å²) in [6, 6.07) is 2.14. The molecule has 0 atom stereocenters. The highest BCUT2D eigenvalue weighted by Gasteiger charge is 2.35. The van der Waals surface area contributed by atoms with Gasteiger partial charge in [-0.3, -0.25) is 19.7 Å². The fourth-order valence-corrected chi connectivity index (χ4v) is 1.93. The number of nitrogens with zero attached hydrogens (tertiary/aromatic N) is 1. The minimum absolute atomic E-state index is 0.00582. The number of ketones is 2. The van der Waals surface area contributed by atoms with Crippen molar-refractivity contribution in [2.75, 3.05) is 0 Å². The van der Waals surface area contributed by atoms with Gasteiger partial charge >= 0.3 is 5.69 Å². The zero-order chi connectivity index (χ0) is 15.7. The first-order chi connectivity index (χ1) is 9.81. The molecule has 7 heteroatoms. The molecule has 21 heavy (non-hydrogen) atoms. The van der Waals surface area contributed by atoms with E-state index < -0.39 is 33.7 Å². The highest BCUT2D eigenvalue weighted by molar-refractivity contribution is 6.44. The van der Waals surface area contributed by atoms with Crippen LogP contribution in [0.15, 0.2) is 24.3 Å². The van der Waals surface area contributed by atoms with Gasteiger partial charge in [0.25, 0.3) is 0 Å². The Kier molecular flexibility index (Phi) is 3.75. The van der Waals surface area contributed by atoms with Crippen LogP contribution < -0.4 is 0 Å². The van der Waals surface area contributed by atoms with E-state index in [1.54, 1.807) is 0 Å². The molecule has 0 aromatic heterocycles. The van der Waals surface area contributed by atoms with Gasteiger partial charge in [0.2, 0.25) is 17.3 Å². The molecule has 2 rings (SSSR count). The van der Waals surface area contributed by atoms with Gasteiger partial charge in [-0.2, -0.15) is 0 Å². The number of rotatable bonds is 6. The molecule has 1 fully saturated rings. The first-order valence-electron chi connectivity index (χ1n) is 6.26. The highest BCUT2D eigenvalue weighted by atomic mass is 16.6. The van der Waals surface area contributed by atoms with Crippen molar-refractivity contribution in [1.29, 1.82) is 0 Å². The summed E-state index contributed by atoms with van der Waals surface area (Å²) >= 11 is 0. The standard InChI is InChI=1S/C14H13NO6/c1-7(12(17)13(18)9-2-3-9)4-8-5-10(15(20)21)14(19)11(16)6-8/h5-6,9,16,19H,1-4H2. The van der Waals surface area contributed by atoms with E-state index in [1.165, 1.54) is 0 Å². The fourth-order valence-electron chi connectivity index (χ4n) is 1.93. The number of Topliss-reactive ketones (excluding diaryl/α,β-unsaturated/α-hetero) is 2. The van der Waals surface area contributed by atoms with Gasteiger partial charge in [-0.05, 0) is 24.5 Å². The zero-order valence-electron chi connectivity index (χ0n) is 11.0. The van der Waals surface area contributed by atoms with Crippen LogP contribution >= 0.6 is 0 Å². The molecule has 0 spiro atoms. The normalized spacial score (nSPS) is 13.7. The number of benzene rings is 1. The summed E-state index contributed by atoms with van der Waals surface area (Å²) in [6.07, 6.45) is 1.29. The summed E-state index contributed by atoms with van der Waals surface area (Å²) in [5, 5.41) is 29.6. The molecule has 0 saturated heterocycles. The van der Waals surface area contributed by atoms with Crippen molar-refractivity contribution in [3.63, 3.8) is 0 Å². The number of carbonyl (C=O) groups excluding carboxylic acids is 2. The Bertz CT molecular complexity index is 660. The fraction of sp³-hybridized carbons (Fsp3) is 0.286. The number of allylic oxidation sites excluding steroid dienone is 1. The summed E-state index contributed by atoms with van der Waals surface area (Å²) in [4.78, 5) is 33.3. The van der Waals surface area contributed by atoms with E-state index >= 15 is 0 Å². The molecule has 7 nitrogen and oxygen atoms in total. The lowest BCUT2D eigenvalue weighted by atomic mass is 9.98. The van der Waals surface area contributed by atoms with Crippen LogP contribution in [0.4, 0.5) is 5.69 Å². The van der Waals surface area contributed by atoms with Gasteiger partial charge in [-0.15, -0.1) is 0 Å². The molecule has 2 N–H and O–H groups in total. The Hall–Kier alpha value is -2.70. The van der Waals surface area contributed by atoms with Crippen LogP contribution in [-0.2, 0) is 16.0 Å². The summed E-state index contributed by atoms with van der Waals surface area (Å²) < 4.78 is 0. The van der Waals surface area contributed by atoms with Crippen LogP contribution in [0, 0.1) is 16.0 Å².